The normalized spacial score (nSPS) is 11.9. The van der Waals surface area contributed by atoms with Gasteiger partial charge < -0.3 is 4.74 Å². The third-order valence-corrected chi connectivity index (χ3v) is 6.81. The van der Waals surface area contributed by atoms with Crippen LogP contribution in [0.1, 0.15) is 16.8 Å². The van der Waals surface area contributed by atoms with E-state index < -0.39 is 25.8 Å². The zero-order chi connectivity index (χ0) is 19.2. The van der Waals surface area contributed by atoms with E-state index >= 15 is 0 Å². The number of hydrogen-bond donors (Lipinski definition) is 1. The Labute approximate surface area is 153 Å². The monoisotopic (exact) mass is 397 g/mol. The molecule has 0 fully saturated rings. The molecule has 2 aromatic carbocycles. The van der Waals surface area contributed by atoms with Crippen LogP contribution in [0.5, 0.6) is 0 Å². The fourth-order valence-electron chi connectivity index (χ4n) is 2.13. The van der Waals surface area contributed by atoms with Crippen LogP contribution in [0.4, 0.5) is 0 Å². The predicted molar refractivity (Wildman–Crippen MR) is 96.1 cm³/mol. The third kappa shape index (κ3) is 5.13. The summed E-state index contributed by atoms with van der Waals surface area (Å²) in [6, 6.07) is 13.3. The maximum absolute atomic E-state index is 12.1. The second-order valence-corrected chi connectivity index (χ2v) is 9.35. The first-order valence-corrected chi connectivity index (χ1v) is 10.9. The lowest BCUT2D eigenvalue weighted by atomic mass is 10.2. The van der Waals surface area contributed by atoms with Crippen LogP contribution in [0.15, 0.2) is 64.4 Å². The summed E-state index contributed by atoms with van der Waals surface area (Å²) in [5, 5.41) is 0. The van der Waals surface area contributed by atoms with Crippen LogP contribution >= 0.6 is 0 Å². The Morgan fingerprint density at radius 2 is 1.54 bits per heavy atom. The number of esters is 1. The molecule has 0 spiro atoms. The van der Waals surface area contributed by atoms with Crippen molar-refractivity contribution < 1.29 is 26.4 Å². The van der Waals surface area contributed by atoms with Crippen LogP contribution < -0.4 is 4.72 Å². The topological polar surface area (TPSA) is 107 Å². The summed E-state index contributed by atoms with van der Waals surface area (Å²) in [6.07, 6.45) is 0.162. The fourth-order valence-corrected chi connectivity index (χ4v) is 4.17. The first-order valence-electron chi connectivity index (χ1n) is 7.75. The molecule has 2 aromatic rings. The van der Waals surface area contributed by atoms with Crippen molar-refractivity contribution in [3.8, 4) is 0 Å². The Kier molecular flexibility index (Phi) is 6.52. The minimum atomic E-state index is -3.57. The van der Waals surface area contributed by atoms with Crippen molar-refractivity contribution in [3.05, 3.63) is 60.2 Å². The average molecular weight is 397 g/mol. The van der Waals surface area contributed by atoms with Crippen LogP contribution in [-0.2, 0) is 24.6 Å². The zero-order valence-corrected chi connectivity index (χ0v) is 15.7. The summed E-state index contributed by atoms with van der Waals surface area (Å²) in [6.45, 7) is -0.0541. The third-order valence-electron chi connectivity index (χ3n) is 3.56. The van der Waals surface area contributed by atoms with Crippen molar-refractivity contribution in [1.82, 2.24) is 4.72 Å². The largest absolute Gasteiger partial charge is 0.462 e. The number of hydrogen-bond acceptors (Lipinski definition) is 6. The van der Waals surface area contributed by atoms with E-state index in [1.54, 1.807) is 18.2 Å². The van der Waals surface area contributed by atoms with E-state index in [2.05, 4.69) is 4.72 Å². The first-order chi connectivity index (χ1) is 12.3. The molecular formula is C17H19NO6S2. The molecule has 0 aliphatic carbocycles. The molecule has 0 aliphatic heterocycles. The fraction of sp³-hybridized carbons (Fsp3) is 0.235. The average Bonchev–Trinajstić information content (AvgIpc) is 2.66. The molecule has 0 atom stereocenters. The number of rotatable bonds is 8. The molecule has 0 aromatic heterocycles. The van der Waals surface area contributed by atoms with E-state index in [0.29, 0.717) is 0 Å². The van der Waals surface area contributed by atoms with Crippen LogP contribution in [0.2, 0.25) is 0 Å². The summed E-state index contributed by atoms with van der Waals surface area (Å²) in [5.74, 6) is -0.778. The Morgan fingerprint density at radius 1 is 0.923 bits per heavy atom. The summed E-state index contributed by atoms with van der Waals surface area (Å²) < 4.78 is 54.7. The van der Waals surface area contributed by atoms with E-state index in [1.807, 2.05) is 0 Å². The molecule has 7 nitrogen and oxygen atoms in total. The molecule has 0 unspecified atom stereocenters. The summed E-state index contributed by atoms with van der Waals surface area (Å²) in [5.41, 5.74) is 0.186. The summed E-state index contributed by atoms with van der Waals surface area (Å²) in [4.78, 5) is 12.2. The Hall–Kier alpha value is -2.23. The smallest absolute Gasteiger partial charge is 0.338 e. The summed E-state index contributed by atoms with van der Waals surface area (Å²) >= 11 is 0. The Morgan fingerprint density at radius 3 is 2.12 bits per heavy atom. The van der Waals surface area contributed by atoms with Gasteiger partial charge in [0.15, 0.2) is 9.84 Å². The van der Waals surface area contributed by atoms with Gasteiger partial charge in [0.2, 0.25) is 10.0 Å². The van der Waals surface area contributed by atoms with Gasteiger partial charge in [-0.05, 0) is 49.9 Å². The molecule has 1 N–H and O–H groups in total. The van der Waals surface area contributed by atoms with E-state index in [4.69, 9.17) is 4.74 Å². The van der Waals surface area contributed by atoms with Crippen molar-refractivity contribution in [1.29, 1.82) is 0 Å². The number of nitrogens with one attached hydrogen (secondary N) is 1. The predicted octanol–water partition coefficient (Wildman–Crippen LogP) is 1.62. The molecule has 2 rings (SSSR count). The standard InChI is InChI=1S/C17H19NO6S2/c1-18-26(22,23)16-10-8-14(9-11-16)17(19)24-12-5-13-25(20,21)15-6-3-2-4-7-15/h2-4,6-11,18H,5,12-13H2,1H3. The molecule has 0 radical (unpaired) electrons. The summed E-state index contributed by atoms with van der Waals surface area (Å²) in [7, 11) is -5.69. The minimum Gasteiger partial charge on any atom is -0.462 e. The zero-order valence-electron chi connectivity index (χ0n) is 14.1. The van der Waals surface area contributed by atoms with Gasteiger partial charge in [0.25, 0.3) is 0 Å². The molecule has 9 heteroatoms. The first kappa shape index (κ1) is 20.1. The van der Waals surface area contributed by atoms with E-state index in [9.17, 15) is 21.6 Å². The molecule has 0 bridgehead atoms. The van der Waals surface area contributed by atoms with Crippen molar-refractivity contribution in [3.63, 3.8) is 0 Å². The SMILES string of the molecule is CNS(=O)(=O)c1ccc(C(=O)OCCCS(=O)(=O)c2ccccc2)cc1. The molecule has 0 heterocycles. The highest BCUT2D eigenvalue weighted by molar-refractivity contribution is 7.91. The number of carbonyl (C=O) groups excluding carboxylic acids is 1. The maximum Gasteiger partial charge on any atom is 0.338 e. The number of carbonyl (C=O) groups is 1. The Balaban J connectivity index is 1.87. The van der Waals surface area contributed by atoms with Gasteiger partial charge in [0.1, 0.15) is 0 Å². The highest BCUT2D eigenvalue weighted by Crippen LogP contribution is 2.13. The molecule has 0 saturated carbocycles. The quantitative estimate of drug-likeness (QED) is 0.536. The molecule has 26 heavy (non-hydrogen) atoms. The number of sulfone groups is 1. The van der Waals surface area contributed by atoms with Crippen LogP contribution in [0.3, 0.4) is 0 Å². The lowest BCUT2D eigenvalue weighted by Gasteiger charge is -2.07. The molecular weight excluding hydrogens is 378 g/mol. The van der Waals surface area contributed by atoms with Crippen LogP contribution in [0, 0.1) is 0 Å². The van der Waals surface area contributed by atoms with Gasteiger partial charge >= 0.3 is 5.97 Å². The molecule has 0 amide bonds. The van der Waals surface area contributed by atoms with Crippen molar-refractivity contribution in [2.75, 3.05) is 19.4 Å². The number of benzene rings is 2. The number of ether oxygens (including phenoxy) is 1. The van der Waals surface area contributed by atoms with Gasteiger partial charge in [0, 0.05) is 0 Å². The van der Waals surface area contributed by atoms with Gasteiger partial charge in [-0.25, -0.2) is 26.4 Å². The van der Waals surface area contributed by atoms with Gasteiger partial charge in [-0.15, -0.1) is 0 Å². The lowest BCUT2D eigenvalue weighted by Crippen LogP contribution is -2.18. The van der Waals surface area contributed by atoms with E-state index in [-0.39, 0.29) is 34.1 Å². The van der Waals surface area contributed by atoms with Crippen molar-refractivity contribution >= 4 is 25.8 Å². The van der Waals surface area contributed by atoms with Crippen LogP contribution in [0.25, 0.3) is 0 Å². The van der Waals surface area contributed by atoms with Gasteiger partial charge in [0.05, 0.1) is 27.7 Å². The lowest BCUT2D eigenvalue weighted by molar-refractivity contribution is 0.0505. The van der Waals surface area contributed by atoms with Crippen molar-refractivity contribution in [2.45, 2.75) is 16.2 Å². The van der Waals surface area contributed by atoms with Gasteiger partial charge in [-0.2, -0.15) is 0 Å². The minimum absolute atomic E-state index is 0.0329. The molecule has 140 valence electrons. The van der Waals surface area contributed by atoms with Gasteiger partial charge in [-0.1, -0.05) is 18.2 Å². The second-order valence-electron chi connectivity index (χ2n) is 5.35. The number of sulfonamides is 1. The van der Waals surface area contributed by atoms with Gasteiger partial charge in [-0.3, -0.25) is 0 Å². The second kappa shape index (κ2) is 8.43. The van der Waals surface area contributed by atoms with Crippen molar-refractivity contribution in [2.24, 2.45) is 0 Å². The molecule has 0 saturated heterocycles. The molecule has 0 aliphatic rings. The van der Waals surface area contributed by atoms with Crippen LogP contribution in [-0.4, -0.2) is 42.2 Å². The highest BCUT2D eigenvalue weighted by Gasteiger charge is 2.15. The maximum atomic E-state index is 12.1. The Bertz CT molecular complexity index is 952. The highest BCUT2D eigenvalue weighted by atomic mass is 32.2. The van der Waals surface area contributed by atoms with E-state index in [1.165, 1.54) is 43.4 Å². The van der Waals surface area contributed by atoms with E-state index in [0.717, 1.165) is 0 Å².